The molecule has 0 spiro atoms. The molecule has 0 fully saturated rings. The first kappa shape index (κ1) is 12.6. The molecule has 0 atom stereocenters. The van der Waals surface area contributed by atoms with Crippen LogP contribution < -0.4 is 11.1 Å². The smallest absolute Gasteiger partial charge is 0.249 e. The maximum absolute atomic E-state index is 11.6. The zero-order valence-electron chi connectivity index (χ0n) is 10.7. The fraction of sp³-hybridized carbons (Fsp3) is 0.0667. The number of fused-ring (bicyclic) bond motifs is 1. The molecule has 4 nitrogen and oxygen atoms in total. The first-order chi connectivity index (χ1) is 9.74. The van der Waals surface area contributed by atoms with Crippen LogP contribution in [-0.2, 0) is 6.54 Å². The van der Waals surface area contributed by atoms with Crippen molar-refractivity contribution in [3.63, 3.8) is 0 Å². The number of hydrogen-bond donors (Lipinski definition) is 2. The van der Waals surface area contributed by atoms with E-state index in [9.17, 15) is 4.79 Å². The molecule has 0 saturated carbocycles. The van der Waals surface area contributed by atoms with Crippen molar-refractivity contribution in [2.75, 3.05) is 5.32 Å². The molecule has 3 N–H and O–H groups in total. The molecule has 0 bridgehead atoms. The number of pyridine rings is 1. The standard InChI is InChI=1S/C15H13N3OS/c16-15(19)12-8-14(17-9-10-4-3-7-20-10)18-13-6-2-1-5-11(12)13/h1-8H,9H2,(H2,16,19)(H,17,18). The lowest BCUT2D eigenvalue weighted by Gasteiger charge is -2.08. The Kier molecular flexibility index (Phi) is 3.35. The maximum atomic E-state index is 11.6. The number of rotatable bonds is 4. The molecular formula is C15H13N3OS. The van der Waals surface area contributed by atoms with Gasteiger partial charge in [-0.25, -0.2) is 4.98 Å². The van der Waals surface area contributed by atoms with Gasteiger partial charge in [-0.15, -0.1) is 11.3 Å². The van der Waals surface area contributed by atoms with E-state index in [1.54, 1.807) is 17.4 Å². The van der Waals surface area contributed by atoms with Crippen LogP contribution in [0.15, 0.2) is 47.8 Å². The number of amides is 1. The molecular weight excluding hydrogens is 270 g/mol. The molecule has 0 saturated heterocycles. The van der Waals surface area contributed by atoms with Crippen LogP contribution in [0.1, 0.15) is 15.2 Å². The monoisotopic (exact) mass is 283 g/mol. The summed E-state index contributed by atoms with van der Waals surface area (Å²) in [6.45, 7) is 0.682. The van der Waals surface area contributed by atoms with Gasteiger partial charge in [0.2, 0.25) is 5.91 Å². The minimum atomic E-state index is -0.442. The minimum absolute atomic E-state index is 0.442. The number of nitrogens with two attached hydrogens (primary N) is 1. The number of thiophene rings is 1. The van der Waals surface area contributed by atoms with Gasteiger partial charge in [0.05, 0.1) is 17.6 Å². The second-order valence-electron chi connectivity index (χ2n) is 4.37. The van der Waals surface area contributed by atoms with E-state index >= 15 is 0 Å². The number of carbonyl (C=O) groups is 1. The quantitative estimate of drug-likeness (QED) is 0.773. The number of para-hydroxylation sites is 1. The summed E-state index contributed by atoms with van der Waals surface area (Å²) in [6.07, 6.45) is 0. The van der Waals surface area contributed by atoms with Crippen LogP contribution in [0, 0.1) is 0 Å². The molecule has 0 unspecified atom stereocenters. The first-order valence-corrected chi connectivity index (χ1v) is 7.08. The number of primary amides is 1. The highest BCUT2D eigenvalue weighted by atomic mass is 32.1. The largest absolute Gasteiger partial charge is 0.366 e. The van der Waals surface area contributed by atoms with Crippen molar-refractivity contribution in [2.45, 2.75) is 6.54 Å². The average Bonchev–Trinajstić information content (AvgIpc) is 2.97. The number of anilines is 1. The van der Waals surface area contributed by atoms with Crippen LogP contribution in [0.5, 0.6) is 0 Å². The summed E-state index contributed by atoms with van der Waals surface area (Å²) < 4.78 is 0. The third-order valence-corrected chi connectivity index (χ3v) is 3.88. The Morgan fingerprint density at radius 2 is 2.10 bits per heavy atom. The number of aromatic nitrogens is 1. The summed E-state index contributed by atoms with van der Waals surface area (Å²) in [7, 11) is 0. The minimum Gasteiger partial charge on any atom is -0.366 e. The van der Waals surface area contributed by atoms with E-state index < -0.39 is 5.91 Å². The van der Waals surface area contributed by atoms with Crippen LogP contribution in [0.2, 0.25) is 0 Å². The summed E-state index contributed by atoms with van der Waals surface area (Å²) in [5.74, 6) is 0.216. The fourth-order valence-corrected chi connectivity index (χ4v) is 2.71. The van der Waals surface area contributed by atoms with Crippen LogP contribution in [0.3, 0.4) is 0 Å². The van der Waals surface area contributed by atoms with Crippen LogP contribution in [0.4, 0.5) is 5.82 Å². The lowest BCUT2D eigenvalue weighted by molar-refractivity contribution is 0.100. The lowest BCUT2D eigenvalue weighted by atomic mass is 10.1. The van der Waals surface area contributed by atoms with Gasteiger partial charge >= 0.3 is 0 Å². The van der Waals surface area contributed by atoms with Crippen molar-refractivity contribution in [2.24, 2.45) is 5.73 Å². The van der Waals surface area contributed by atoms with Gasteiger partial charge in [-0.05, 0) is 23.6 Å². The van der Waals surface area contributed by atoms with Gasteiger partial charge in [-0.3, -0.25) is 4.79 Å². The van der Waals surface area contributed by atoms with Crippen LogP contribution >= 0.6 is 11.3 Å². The average molecular weight is 283 g/mol. The van der Waals surface area contributed by atoms with Gasteiger partial charge < -0.3 is 11.1 Å². The number of hydrogen-bond acceptors (Lipinski definition) is 4. The maximum Gasteiger partial charge on any atom is 0.249 e. The molecule has 0 aliphatic carbocycles. The SMILES string of the molecule is NC(=O)c1cc(NCc2cccs2)nc2ccccc12. The Labute approximate surface area is 120 Å². The molecule has 0 radical (unpaired) electrons. The number of nitrogens with one attached hydrogen (secondary N) is 1. The Morgan fingerprint density at radius 3 is 2.85 bits per heavy atom. The predicted molar refractivity (Wildman–Crippen MR) is 81.9 cm³/mol. The molecule has 5 heteroatoms. The van der Waals surface area contributed by atoms with Crippen molar-refractivity contribution in [1.82, 2.24) is 4.98 Å². The fourth-order valence-electron chi connectivity index (χ4n) is 2.06. The van der Waals surface area contributed by atoms with E-state index in [-0.39, 0.29) is 0 Å². The third kappa shape index (κ3) is 2.48. The van der Waals surface area contributed by atoms with Crippen LogP contribution in [-0.4, -0.2) is 10.9 Å². The summed E-state index contributed by atoms with van der Waals surface area (Å²) in [5.41, 5.74) is 6.70. The number of nitrogens with zero attached hydrogens (tertiary/aromatic N) is 1. The van der Waals surface area contributed by atoms with E-state index in [1.165, 1.54) is 4.88 Å². The normalized spacial score (nSPS) is 10.6. The zero-order valence-corrected chi connectivity index (χ0v) is 11.5. The molecule has 100 valence electrons. The highest BCUT2D eigenvalue weighted by Crippen LogP contribution is 2.21. The van der Waals surface area contributed by atoms with Gasteiger partial charge in [-0.1, -0.05) is 24.3 Å². The molecule has 2 heterocycles. The van der Waals surface area contributed by atoms with E-state index in [1.807, 2.05) is 41.8 Å². The summed E-state index contributed by atoms with van der Waals surface area (Å²) in [5, 5.41) is 6.03. The second kappa shape index (κ2) is 5.30. The summed E-state index contributed by atoms with van der Waals surface area (Å²) in [4.78, 5) is 17.3. The van der Waals surface area contributed by atoms with Gasteiger partial charge in [0, 0.05) is 10.3 Å². The van der Waals surface area contributed by atoms with E-state index in [4.69, 9.17) is 5.73 Å². The molecule has 3 rings (SSSR count). The van der Waals surface area contributed by atoms with E-state index in [2.05, 4.69) is 10.3 Å². The van der Waals surface area contributed by atoms with Gasteiger partial charge in [0.1, 0.15) is 5.82 Å². The Bertz CT molecular complexity index is 753. The predicted octanol–water partition coefficient (Wildman–Crippen LogP) is 3.01. The first-order valence-electron chi connectivity index (χ1n) is 6.20. The van der Waals surface area contributed by atoms with Crippen molar-refractivity contribution in [3.05, 3.63) is 58.3 Å². The summed E-state index contributed by atoms with van der Waals surface area (Å²) in [6, 6.07) is 13.2. The lowest BCUT2D eigenvalue weighted by Crippen LogP contribution is -2.13. The van der Waals surface area contributed by atoms with Gasteiger partial charge in [0.15, 0.2) is 0 Å². The molecule has 2 aromatic heterocycles. The molecule has 0 aliphatic rings. The van der Waals surface area contributed by atoms with Crippen molar-refractivity contribution in [3.8, 4) is 0 Å². The highest BCUT2D eigenvalue weighted by molar-refractivity contribution is 7.09. The molecule has 1 amide bonds. The van der Waals surface area contributed by atoms with E-state index in [0.29, 0.717) is 17.9 Å². The summed E-state index contributed by atoms with van der Waals surface area (Å²) >= 11 is 1.67. The topological polar surface area (TPSA) is 68.0 Å². The Balaban J connectivity index is 1.97. The number of carbonyl (C=O) groups excluding carboxylic acids is 1. The van der Waals surface area contributed by atoms with Gasteiger partial charge in [-0.2, -0.15) is 0 Å². The van der Waals surface area contributed by atoms with Gasteiger partial charge in [0.25, 0.3) is 0 Å². The van der Waals surface area contributed by atoms with E-state index in [0.717, 1.165) is 10.9 Å². The van der Waals surface area contributed by atoms with Crippen molar-refractivity contribution in [1.29, 1.82) is 0 Å². The Hall–Kier alpha value is -2.40. The van der Waals surface area contributed by atoms with Crippen molar-refractivity contribution >= 4 is 34.0 Å². The van der Waals surface area contributed by atoms with Crippen molar-refractivity contribution < 1.29 is 4.79 Å². The third-order valence-electron chi connectivity index (χ3n) is 3.01. The molecule has 1 aromatic carbocycles. The van der Waals surface area contributed by atoms with Crippen LogP contribution in [0.25, 0.3) is 10.9 Å². The Morgan fingerprint density at radius 1 is 1.25 bits per heavy atom. The number of benzene rings is 1. The molecule has 3 aromatic rings. The molecule has 0 aliphatic heterocycles. The second-order valence-corrected chi connectivity index (χ2v) is 5.40. The molecule has 20 heavy (non-hydrogen) atoms. The highest BCUT2D eigenvalue weighted by Gasteiger charge is 2.09. The zero-order chi connectivity index (χ0) is 13.9.